The van der Waals surface area contributed by atoms with Gasteiger partial charge in [-0.25, -0.2) is 4.98 Å². The summed E-state index contributed by atoms with van der Waals surface area (Å²) in [6, 6.07) is 0.786. The number of nitrogens with zero attached hydrogens (tertiary/aromatic N) is 1. The highest BCUT2D eigenvalue weighted by molar-refractivity contribution is 7.11. The highest BCUT2D eigenvalue weighted by Gasteiger charge is 2.31. The summed E-state index contributed by atoms with van der Waals surface area (Å²) in [5.41, 5.74) is 1.69. The molecule has 16 heavy (non-hydrogen) atoms. The summed E-state index contributed by atoms with van der Waals surface area (Å²) < 4.78 is 0. The average molecular weight is 236 g/mol. The molecule has 0 saturated heterocycles. The average Bonchev–Trinajstić information content (AvgIpc) is 2.95. The Bertz CT molecular complexity index is 391. The molecule has 1 aromatic rings. The smallest absolute Gasteiger partial charge is 0.107 e. The Morgan fingerprint density at radius 3 is 2.94 bits per heavy atom. The zero-order valence-electron chi connectivity index (χ0n) is 10.2. The van der Waals surface area contributed by atoms with Crippen LogP contribution in [0.2, 0.25) is 0 Å². The molecule has 0 unspecified atom stereocenters. The van der Waals surface area contributed by atoms with Crippen molar-refractivity contribution in [1.82, 2.24) is 10.3 Å². The van der Waals surface area contributed by atoms with E-state index in [0.29, 0.717) is 5.41 Å². The lowest BCUT2D eigenvalue weighted by molar-refractivity contribution is 0.423. The first-order valence-electron chi connectivity index (χ1n) is 6.37. The monoisotopic (exact) mass is 236 g/mol. The molecule has 2 aliphatic carbocycles. The number of aromatic nitrogens is 1. The lowest BCUT2D eigenvalue weighted by Gasteiger charge is -2.28. The molecule has 0 spiro atoms. The zero-order valence-corrected chi connectivity index (χ0v) is 11.0. The molecule has 0 bridgehead atoms. The first kappa shape index (κ1) is 10.7. The van der Waals surface area contributed by atoms with Crippen molar-refractivity contribution in [3.63, 3.8) is 0 Å². The summed E-state index contributed by atoms with van der Waals surface area (Å²) >= 11 is 1.93. The van der Waals surface area contributed by atoms with Gasteiger partial charge < -0.3 is 5.32 Å². The third kappa shape index (κ3) is 2.03. The molecule has 1 heterocycles. The van der Waals surface area contributed by atoms with Crippen LogP contribution in [0.5, 0.6) is 0 Å². The van der Waals surface area contributed by atoms with Crippen LogP contribution in [0.4, 0.5) is 0 Å². The maximum absolute atomic E-state index is 4.86. The van der Waals surface area contributed by atoms with Crippen molar-refractivity contribution in [2.75, 3.05) is 0 Å². The van der Waals surface area contributed by atoms with Gasteiger partial charge in [-0.3, -0.25) is 0 Å². The molecule has 0 aromatic carbocycles. The summed E-state index contributed by atoms with van der Waals surface area (Å²) in [5, 5.41) is 4.86. The molecule has 3 rings (SSSR count). The van der Waals surface area contributed by atoms with E-state index < -0.39 is 0 Å². The lowest BCUT2D eigenvalue weighted by atomic mass is 9.79. The van der Waals surface area contributed by atoms with Crippen LogP contribution in [-0.4, -0.2) is 11.0 Å². The van der Waals surface area contributed by atoms with E-state index >= 15 is 0 Å². The zero-order chi connectivity index (χ0) is 11.2. The van der Waals surface area contributed by atoms with E-state index in [1.165, 1.54) is 42.8 Å². The number of hydrogen-bond acceptors (Lipinski definition) is 3. The van der Waals surface area contributed by atoms with E-state index in [2.05, 4.69) is 19.2 Å². The van der Waals surface area contributed by atoms with Crippen molar-refractivity contribution in [3.05, 3.63) is 15.6 Å². The van der Waals surface area contributed by atoms with E-state index in [1.807, 2.05) is 11.3 Å². The number of fused-ring (bicyclic) bond motifs is 1. The molecule has 3 heteroatoms. The molecule has 0 amide bonds. The van der Waals surface area contributed by atoms with Crippen molar-refractivity contribution in [1.29, 1.82) is 0 Å². The van der Waals surface area contributed by atoms with Gasteiger partial charge in [0, 0.05) is 22.9 Å². The first-order chi connectivity index (χ1) is 7.65. The van der Waals surface area contributed by atoms with Gasteiger partial charge in [0.05, 0.1) is 5.69 Å². The van der Waals surface area contributed by atoms with Crippen molar-refractivity contribution in [2.24, 2.45) is 0 Å². The Morgan fingerprint density at radius 1 is 1.44 bits per heavy atom. The van der Waals surface area contributed by atoms with Gasteiger partial charge in [-0.05, 0) is 32.1 Å². The number of thiazole rings is 1. The van der Waals surface area contributed by atoms with Crippen LogP contribution in [0, 0.1) is 0 Å². The first-order valence-corrected chi connectivity index (χ1v) is 7.19. The molecule has 0 radical (unpaired) electrons. The largest absolute Gasteiger partial charge is 0.308 e. The van der Waals surface area contributed by atoms with Gasteiger partial charge in [-0.2, -0.15) is 0 Å². The molecule has 1 N–H and O–H groups in total. The Kier molecular flexibility index (Phi) is 2.55. The second-order valence-electron chi connectivity index (χ2n) is 5.77. The maximum atomic E-state index is 4.86. The Morgan fingerprint density at radius 2 is 2.25 bits per heavy atom. The molecule has 1 saturated carbocycles. The fourth-order valence-electron chi connectivity index (χ4n) is 2.50. The Hall–Kier alpha value is -0.410. The van der Waals surface area contributed by atoms with E-state index in [9.17, 15) is 0 Å². The van der Waals surface area contributed by atoms with Gasteiger partial charge in [0.2, 0.25) is 0 Å². The predicted molar refractivity (Wildman–Crippen MR) is 67.9 cm³/mol. The van der Waals surface area contributed by atoms with Crippen LogP contribution >= 0.6 is 11.3 Å². The summed E-state index contributed by atoms with van der Waals surface area (Å²) in [4.78, 5) is 6.40. The summed E-state index contributed by atoms with van der Waals surface area (Å²) in [7, 11) is 0. The van der Waals surface area contributed by atoms with Gasteiger partial charge >= 0.3 is 0 Å². The highest BCUT2D eigenvalue weighted by atomic mass is 32.1. The Balaban J connectivity index is 1.78. The van der Waals surface area contributed by atoms with Crippen LogP contribution in [0.25, 0.3) is 0 Å². The minimum Gasteiger partial charge on any atom is -0.308 e. The second-order valence-corrected chi connectivity index (χ2v) is 6.94. The van der Waals surface area contributed by atoms with Crippen molar-refractivity contribution < 1.29 is 0 Å². The van der Waals surface area contributed by atoms with Crippen LogP contribution in [0.3, 0.4) is 0 Å². The van der Waals surface area contributed by atoms with Crippen LogP contribution < -0.4 is 5.32 Å². The van der Waals surface area contributed by atoms with E-state index in [1.54, 1.807) is 4.88 Å². The number of aryl methyl sites for hydroxylation is 1. The molecule has 2 aliphatic rings. The van der Waals surface area contributed by atoms with Crippen LogP contribution in [-0.2, 0) is 18.4 Å². The molecule has 0 atom stereocenters. The number of hydrogen-bond donors (Lipinski definition) is 1. The van der Waals surface area contributed by atoms with Crippen molar-refractivity contribution in [3.8, 4) is 0 Å². The fourth-order valence-corrected chi connectivity index (χ4v) is 3.74. The molecular formula is C13H20N2S. The minimum atomic E-state index is 0.307. The number of rotatable bonds is 3. The molecule has 1 aromatic heterocycles. The third-order valence-electron chi connectivity index (χ3n) is 3.71. The standard InChI is InChI=1S/C13H20N2S/c1-13(2)7-3-4-10-12(13)15-11(16-10)8-14-9-5-6-9/h9,14H,3-8H2,1-2H3. The summed E-state index contributed by atoms with van der Waals surface area (Å²) in [6.45, 7) is 5.66. The van der Waals surface area contributed by atoms with Gasteiger partial charge in [0.15, 0.2) is 0 Å². The SMILES string of the molecule is CC1(C)CCCc2sc(CNC3CC3)nc21. The molecule has 88 valence electrons. The van der Waals surface area contributed by atoms with Gasteiger partial charge in [-0.1, -0.05) is 13.8 Å². The fraction of sp³-hybridized carbons (Fsp3) is 0.769. The van der Waals surface area contributed by atoms with Crippen LogP contribution in [0.1, 0.15) is 55.1 Å². The van der Waals surface area contributed by atoms with Gasteiger partial charge in [0.1, 0.15) is 5.01 Å². The van der Waals surface area contributed by atoms with E-state index in [-0.39, 0.29) is 0 Å². The highest BCUT2D eigenvalue weighted by Crippen LogP contribution is 2.38. The predicted octanol–water partition coefficient (Wildman–Crippen LogP) is 3.01. The number of nitrogens with one attached hydrogen (secondary N) is 1. The second kappa shape index (κ2) is 3.81. The third-order valence-corrected chi connectivity index (χ3v) is 4.82. The maximum Gasteiger partial charge on any atom is 0.107 e. The minimum absolute atomic E-state index is 0.307. The Labute approximate surface area is 101 Å². The topological polar surface area (TPSA) is 24.9 Å². The van der Waals surface area contributed by atoms with Crippen molar-refractivity contribution >= 4 is 11.3 Å². The normalized spacial score (nSPS) is 23.1. The molecule has 2 nitrogen and oxygen atoms in total. The molecule has 0 aliphatic heterocycles. The van der Waals surface area contributed by atoms with Gasteiger partial charge in [-0.15, -0.1) is 11.3 Å². The van der Waals surface area contributed by atoms with Gasteiger partial charge in [0.25, 0.3) is 0 Å². The van der Waals surface area contributed by atoms with E-state index in [0.717, 1.165) is 12.6 Å². The summed E-state index contributed by atoms with van der Waals surface area (Å²) in [5.74, 6) is 0. The summed E-state index contributed by atoms with van der Waals surface area (Å²) in [6.07, 6.45) is 6.59. The van der Waals surface area contributed by atoms with Crippen LogP contribution in [0.15, 0.2) is 0 Å². The molecular weight excluding hydrogens is 216 g/mol. The quantitative estimate of drug-likeness (QED) is 0.872. The molecule has 1 fully saturated rings. The van der Waals surface area contributed by atoms with Crippen molar-refractivity contribution in [2.45, 2.75) is 64.0 Å². The lowest BCUT2D eigenvalue weighted by Crippen LogP contribution is -2.23. The van der Waals surface area contributed by atoms with E-state index in [4.69, 9.17) is 4.98 Å².